The Morgan fingerprint density at radius 2 is 2.29 bits per heavy atom. The van der Waals surface area contributed by atoms with Crippen LogP contribution in [0.2, 0.25) is 0 Å². The van der Waals surface area contributed by atoms with Gasteiger partial charge in [-0.25, -0.2) is 14.8 Å². The Kier molecular flexibility index (Phi) is 4.98. The molecule has 0 bridgehead atoms. The molecule has 1 saturated heterocycles. The first-order valence-electron chi connectivity index (χ1n) is 8.18. The summed E-state index contributed by atoms with van der Waals surface area (Å²) in [6, 6.07) is 3.45. The Morgan fingerprint density at radius 3 is 2.96 bits per heavy atom. The molecule has 1 N–H and O–H groups in total. The number of amides is 2. The fourth-order valence-corrected chi connectivity index (χ4v) is 3.05. The number of pyridine rings is 1. The Bertz CT molecular complexity index is 683. The quantitative estimate of drug-likeness (QED) is 0.934. The number of likely N-dealkylation sites (tertiary alicyclic amines) is 1. The van der Waals surface area contributed by atoms with Crippen LogP contribution in [0.5, 0.6) is 5.88 Å². The lowest BCUT2D eigenvalue weighted by Gasteiger charge is -2.32. The summed E-state index contributed by atoms with van der Waals surface area (Å²) in [5.41, 5.74) is 0.673. The summed E-state index contributed by atoms with van der Waals surface area (Å²) in [4.78, 5) is 22.8. The van der Waals surface area contributed by atoms with Gasteiger partial charge in [-0.1, -0.05) is 0 Å². The fourth-order valence-electron chi connectivity index (χ4n) is 3.05. The molecule has 0 spiro atoms. The molecule has 3 rings (SSSR count). The number of ether oxygens (including phenoxy) is 1. The van der Waals surface area contributed by atoms with Crippen molar-refractivity contribution in [2.24, 2.45) is 13.0 Å². The van der Waals surface area contributed by atoms with Gasteiger partial charge in [-0.15, -0.1) is 0 Å². The van der Waals surface area contributed by atoms with Crippen molar-refractivity contribution in [1.82, 2.24) is 19.4 Å². The van der Waals surface area contributed by atoms with Crippen LogP contribution in [0.4, 0.5) is 10.5 Å². The van der Waals surface area contributed by atoms with Gasteiger partial charge in [-0.2, -0.15) is 0 Å². The molecule has 1 atom stereocenters. The van der Waals surface area contributed by atoms with E-state index in [9.17, 15) is 4.79 Å². The van der Waals surface area contributed by atoms with Crippen LogP contribution in [0, 0.1) is 5.92 Å². The van der Waals surface area contributed by atoms with Gasteiger partial charge in [-0.3, -0.25) is 0 Å². The minimum atomic E-state index is -0.0773. The van der Waals surface area contributed by atoms with E-state index in [2.05, 4.69) is 15.3 Å². The van der Waals surface area contributed by atoms with Gasteiger partial charge in [0.05, 0.1) is 19.0 Å². The number of carbonyl (C=O) groups excluding carboxylic acids is 1. The molecule has 24 heavy (non-hydrogen) atoms. The summed E-state index contributed by atoms with van der Waals surface area (Å²) in [5.74, 6) is 2.04. The third-order valence-electron chi connectivity index (χ3n) is 4.40. The minimum Gasteiger partial charge on any atom is -0.481 e. The standard InChI is InChI=1S/C17H23N5O2/c1-21-9-7-18-15(21)10-13-4-3-8-22(12-13)17(23)20-14-5-6-16(24-2)19-11-14/h5-7,9,11,13H,3-4,8,10,12H2,1-2H3,(H,20,23)/t13-/m0/s1. The van der Waals surface area contributed by atoms with Crippen LogP contribution in [0.25, 0.3) is 0 Å². The number of aromatic nitrogens is 3. The highest BCUT2D eigenvalue weighted by Gasteiger charge is 2.24. The van der Waals surface area contributed by atoms with E-state index in [1.54, 1.807) is 25.4 Å². The molecule has 1 aliphatic rings. The maximum absolute atomic E-state index is 12.5. The molecular weight excluding hydrogens is 306 g/mol. The van der Waals surface area contributed by atoms with Crippen LogP contribution >= 0.6 is 0 Å². The van der Waals surface area contributed by atoms with E-state index in [-0.39, 0.29) is 6.03 Å². The Labute approximate surface area is 141 Å². The summed E-state index contributed by atoms with van der Waals surface area (Å²) < 4.78 is 7.07. The fraction of sp³-hybridized carbons (Fsp3) is 0.471. The van der Waals surface area contributed by atoms with E-state index in [4.69, 9.17) is 4.74 Å². The number of imidazole rings is 1. The lowest BCUT2D eigenvalue weighted by atomic mass is 9.94. The predicted octanol–water partition coefficient (Wildman–Crippen LogP) is 2.31. The number of nitrogens with zero attached hydrogens (tertiary/aromatic N) is 4. The van der Waals surface area contributed by atoms with Gasteiger partial charge in [-0.05, 0) is 24.8 Å². The number of rotatable bonds is 4. The molecule has 128 valence electrons. The van der Waals surface area contributed by atoms with Crippen LogP contribution < -0.4 is 10.1 Å². The van der Waals surface area contributed by atoms with Crippen molar-refractivity contribution < 1.29 is 9.53 Å². The smallest absolute Gasteiger partial charge is 0.321 e. The Balaban J connectivity index is 1.57. The number of anilines is 1. The van der Waals surface area contributed by atoms with Crippen LogP contribution in [-0.4, -0.2) is 45.7 Å². The maximum atomic E-state index is 12.5. The van der Waals surface area contributed by atoms with Crippen molar-refractivity contribution in [1.29, 1.82) is 0 Å². The number of aryl methyl sites for hydroxylation is 1. The van der Waals surface area contributed by atoms with Gasteiger partial charge in [0.25, 0.3) is 0 Å². The topological polar surface area (TPSA) is 72.3 Å². The number of hydrogen-bond acceptors (Lipinski definition) is 4. The largest absolute Gasteiger partial charge is 0.481 e. The third-order valence-corrected chi connectivity index (χ3v) is 4.40. The highest BCUT2D eigenvalue weighted by molar-refractivity contribution is 5.89. The zero-order valence-corrected chi connectivity index (χ0v) is 14.1. The van der Waals surface area contributed by atoms with Crippen molar-refractivity contribution in [3.63, 3.8) is 0 Å². The predicted molar refractivity (Wildman–Crippen MR) is 91.0 cm³/mol. The van der Waals surface area contributed by atoms with Crippen molar-refractivity contribution in [2.45, 2.75) is 19.3 Å². The van der Waals surface area contributed by atoms with Crippen LogP contribution in [-0.2, 0) is 13.5 Å². The molecule has 2 amide bonds. The molecule has 7 nitrogen and oxygen atoms in total. The molecule has 0 unspecified atom stereocenters. The van der Waals surface area contributed by atoms with Gasteiger partial charge in [0, 0.05) is 45.0 Å². The van der Waals surface area contributed by atoms with Crippen LogP contribution in [0.3, 0.4) is 0 Å². The van der Waals surface area contributed by atoms with E-state index in [1.165, 1.54) is 0 Å². The number of methoxy groups -OCH3 is 1. The van der Waals surface area contributed by atoms with Gasteiger partial charge in [0.2, 0.25) is 5.88 Å². The third kappa shape index (κ3) is 3.84. The molecule has 0 aliphatic carbocycles. The van der Waals surface area contributed by atoms with Gasteiger partial charge in [0.15, 0.2) is 0 Å². The Morgan fingerprint density at radius 1 is 1.42 bits per heavy atom. The summed E-state index contributed by atoms with van der Waals surface area (Å²) in [6.07, 6.45) is 8.42. The van der Waals surface area contributed by atoms with Gasteiger partial charge in [0.1, 0.15) is 5.82 Å². The monoisotopic (exact) mass is 329 g/mol. The number of nitrogens with one attached hydrogen (secondary N) is 1. The second-order valence-electron chi connectivity index (χ2n) is 6.13. The summed E-state index contributed by atoms with van der Waals surface area (Å²) in [5, 5.41) is 2.90. The zero-order chi connectivity index (χ0) is 16.9. The zero-order valence-electron chi connectivity index (χ0n) is 14.1. The molecule has 2 aromatic rings. The summed E-state index contributed by atoms with van der Waals surface area (Å²) in [6.45, 7) is 1.54. The van der Waals surface area contributed by atoms with Crippen molar-refractivity contribution in [3.8, 4) is 5.88 Å². The van der Waals surface area contributed by atoms with Gasteiger partial charge >= 0.3 is 6.03 Å². The number of hydrogen-bond donors (Lipinski definition) is 1. The lowest BCUT2D eigenvalue weighted by Crippen LogP contribution is -2.43. The first-order chi connectivity index (χ1) is 11.7. The first-order valence-corrected chi connectivity index (χ1v) is 8.18. The molecule has 0 aromatic carbocycles. The number of urea groups is 1. The molecule has 7 heteroatoms. The van der Waals surface area contributed by atoms with E-state index >= 15 is 0 Å². The average Bonchev–Trinajstić information content (AvgIpc) is 3.00. The SMILES string of the molecule is COc1ccc(NC(=O)N2CCC[C@@H](Cc3nccn3C)C2)cn1. The van der Waals surface area contributed by atoms with Crippen molar-refractivity contribution in [2.75, 3.05) is 25.5 Å². The number of piperidine rings is 1. The summed E-state index contributed by atoms with van der Waals surface area (Å²) in [7, 11) is 3.57. The number of carbonyl (C=O) groups is 1. The van der Waals surface area contributed by atoms with E-state index in [1.807, 2.05) is 28.9 Å². The minimum absolute atomic E-state index is 0.0773. The molecule has 0 radical (unpaired) electrons. The molecule has 3 heterocycles. The normalized spacial score (nSPS) is 17.6. The van der Waals surface area contributed by atoms with Crippen molar-refractivity contribution in [3.05, 3.63) is 36.5 Å². The summed E-state index contributed by atoms with van der Waals surface area (Å²) >= 11 is 0. The maximum Gasteiger partial charge on any atom is 0.321 e. The first kappa shape index (κ1) is 16.3. The van der Waals surface area contributed by atoms with Crippen LogP contribution in [0.15, 0.2) is 30.7 Å². The molecule has 1 fully saturated rings. The van der Waals surface area contributed by atoms with E-state index in [0.29, 0.717) is 17.5 Å². The molecule has 2 aromatic heterocycles. The second-order valence-corrected chi connectivity index (χ2v) is 6.13. The highest BCUT2D eigenvalue weighted by atomic mass is 16.5. The lowest BCUT2D eigenvalue weighted by molar-refractivity contribution is 0.176. The second kappa shape index (κ2) is 7.33. The Hall–Kier alpha value is -2.57. The average molecular weight is 329 g/mol. The van der Waals surface area contributed by atoms with Crippen LogP contribution in [0.1, 0.15) is 18.7 Å². The molecular formula is C17H23N5O2. The van der Waals surface area contributed by atoms with Crippen molar-refractivity contribution >= 4 is 11.7 Å². The van der Waals surface area contributed by atoms with E-state index < -0.39 is 0 Å². The van der Waals surface area contributed by atoms with E-state index in [0.717, 1.165) is 38.2 Å². The molecule has 0 saturated carbocycles. The highest BCUT2D eigenvalue weighted by Crippen LogP contribution is 2.21. The molecule has 1 aliphatic heterocycles. The van der Waals surface area contributed by atoms with Gasteiger partial charge < -0.3 is 19.5 Å².